The van der Waals surface area contributed by atoms with Crippen LogP contribution in [0.4, 0.5) is 0 Å². The molecule has 0 spiro atoms. The standard InChI is InChI=1S/C24H25N3O3S/c1-6-30-23(29)20-16(5)26-24-27(21(20)17-9-7-13(2)8-10-17)22(28)19(31-24)12-18-11-14(3)25-15(18)4/h7-12,21,25H,6H2,1-5H3/t21-/m0/s1. The highest BCUT2D eigenvalue weighted by atomic mass is 32.1. The molecule has 160 valence electrons. The van der Waals surface area contributed by atoms with Gasteiger partial charge in [-0.1, -0.05) is 41.2 Å². The van der Waals surface area contributed by atoms with Crippen molar-refractivity contribution >= 4 is 23.4 Å². The number of benzene rings is 1. The fourth-order valence-electron chi connectivity index (χ4n) is 3.89. The normalized spacial score (nSPS) is 16.3. The van der Waals surface area contributed by atoms with Crippen LogP contribution in [0.25, 0.3) is 6.08 Å². The maximum absolute atomic E-state index is 13.5. The summed E-state index contributed by atoms with van der Waals surface area (Å²) >= 11 is 1.34. The Morgan fingerprint density at radius 3 is 2.55 bits per heavy atom. The van der Waals surface area contributed by atoms with Crippen molar-refractivity contribution in [2.45, 2.75) is 40.7 Å². The van der Waals surface area contributed by atoms with E-state index in [-0.39, 0.29) is 12.2 Å². The van der Waals surface area contributed by atoms with Gasteiger partial charge >= 0.3 is 5.97 Å². The molecule has 0 fully saturated rings. The second-order valence-electron chi connectivity index (χ2n) is 7.75. The second kappa shape index (κ2) is 8.15. The number of aromatic amines is 1. The molecular weight excluding hydrogens is 410 g/mol. The minimum atomic E-state index is -0.577. The largest absolute Gasteiger partial charge is 0.463 e. The van der Waals surface area contributed by atoms with Crippen LogP contribution in [0, 0.1) is 20.8 Å². The van der Waals surface area contributed by atoms with E-state index in [0.717, 1.165) is 28.1 Å². The molecule has 0 saturated carbocycles. The van der Waals surface area contributed by atoms with Crippen molar-refractivity contribution in [3.8, 4) is 0 Å². The van der Waals surface area contributed by atoms with Crippen molar-refractivity contribution in [3.05, 3.63) is 89.4 Å². The first-order valence-corrected chi connectivity index (χ1v) is 11.0. The lowest BCUT2D eigenvalue weighted by molar-refractivity contribution is -0.139. The van der Waals surface area contributed by atoms with Crippen LogP contribution >= 0.6 is 11.3 Å². The summed E-state index contributed by atoms with van der Waals surface area (Å²) in [7, 11) is 0. The molecule has 0 saturated heterocycles. The third kappa shape index (κ3) is 3.81. The number of aromatic nitrogens is 2. The Bertz CT molecular complexity index is 1370. The summed E-state index contributed by atoms with van der Waals surface area (Å²) in [6.07, 6.45) is 1.89. The van der Waals surface area contributed by atoms with Crippen molar-refractivity contribution in [1.82, 2.24) is 9.55 Å². The topological polar surface area (TPSA) is 76.4 Å². The number of nitrogens with zero attached hydrogens (tertiary/aromatic N) is 2. The number of hydrogen-bond donors (Lipinski definition) is 1. The van der Waals surface area contributed by atoms with Gasteiger partial charge in [-0.05, 0) is 57.9 Å². The van der Waals surface area contributed by atoms with Gasteiger partial charge in [-0.25, -0.2) is 9.79 Å². The first-order chi connectivity index (χ1) is 14.8. The van der Waals surface area contributed by atoms with E-state index in [1.165, 1.54) is 11.3 Å². The third-order valence-electron chi connectivity index (χ3n) is 5.39. The average Bonchev–Trinajstić information content (AvgIpc) is 3.19. The highest BCUT2D eigenvalue weighted by Gasteiger charge is 2.33. The molecule has 0 amide bonds. The number of H-pyrrole nitrogens is 1. The van der Waals surface area contributed by atoms with Crippen molar-refractivity contribution in [2.75, 3.05) is 6.61 Å². The zero-order chi connectivity index (χ0) is 22.3. The van der Waals surface area contributed by atoms with E-state index in [4.69, 9.17) is 4.74 Å². The van der Waals surface area contributed by atoms with Crippen LogP contribution in [0.3, 0.4) is 0 Å². The van der Waals surface area contributed by atoms with Gasteiger partial charge in [0.15, 0.2) is 4.80 Å². The van der Waals surface area contributed by atoms with E-state index in [1.54, 1.807) is 18.4 Å². The Morgan fingerprint density at radius 1 is 1.23 bits per heavy atom. The van der Waals surface area contributed by atoms with E-state index >= 15 is 0 Å². The van der Waals surface area contributed by atoms with E-state index in [9.17, 15) is 9.59 Å². The number of allylic oxidation sites excluding steroid dienone is 1. The molecule has 31 heavy (non-hydrogen) atoms. The van der Waals surface area contributed by atoms with Crippen molar-refractivity contribution < 1.29 is 9.53 Å². The summed E-state index contributed by atoms with van der Waals surface area (Å²) in [5.41, 5.74) is 5.77. The summed E-state index contributed by atoms with van der Waals surface area (Å²) in [6, 6.07) is 9.31. The number of hydrogen-bond acceptors (Lipinski definition) is 5. The number of fused-ring (bicyclic) bond motifs is 1. The fourth-order valence-corrected chi connectivity index (χ4v) is 4.93. The summed E-state index contributed by atoms with van der Waals surface area (Å²) in [5, 5.41) is 0. The zero-order valence-corrected chi connectivity index (χ0v) is 19.1. The molecule has 2 aromatic heterocycles. The smallest absolute Gasteiger partial charge is 0.338 e. The monoisotopic (exact) mass is 435 g/mol. The molecule has 1 N–H and O–H groups in total. The molecule has 4 rings (SSSR count). The maximum atomic E-state index is 13.5. The highest BCUT2D eigenvalue weighted by Crippen LogP contribution is 2.30. The van der Waals surface area contributed by atoms with Gasteiger partial charge < -0.3 is 9.72 Å². The van der Waals surface area contributed by atoms with Gasteiger partial charge in [0, 0.05) is 11.4 Å². The quantitative estimate of drug-likeness (QED) is 0.640. The van der Waals surface area contributed by atoms with Crippen LogP contribution in [0.15, 0.2) is 51.4 Å². The van der Waals surface area contributed by atoms with Crippen LogP contribution < -0.4 is 14.9 Å². The van der Waals surface area contributed by atoms with Gasteiger partial charge in [-0.15, -0.1) is 0 Å². The van der Waals surface area contributed by atoms with E-state index in [1.807, 2.05) is 57.2 Å². The molecule has 0 bridgehead atoms. The van der Waals surface area contributed by atoms with Gasteiger partial charge in [0.25, 0.3) is 5.56 Å². The van der Waals surface area contributed by atoms with Crippen LogP contribution in [0.2, 0.25) is 0 Å². The summed E-state index contributed by atoms with van der Waals surface area (Å²) in [4.78, 5) is 34.8. The Labute approximate surface area is 184 Å². The lowest BCUT2D eigenvalue weighted by Crippen LogP contribution is -2.39. The van der Waals surface area contributed by atoms with Crippen LogP contribution in [-0.4, -0.2) is 22.1 Å². The number of ether oxygens (including phenoxy) is 1. The van der Waals surface area contributed by atoms with Gasteiger partial charge in [0.1, 0.15) is 0 Å². The molecule has 1 aliphatic rings. The SMILES string of the molecule is CCOC(=O)C1=C(C)N=c2sc(=Cc3cc(C)[nH]c3C)c(=O)n2[C@H]1c1ccc(C)cc1. The summed E-state index contributed by atoms with van der Waals surface area (Å²) in [5.74, 6) is -0.444. The molecule has 0 radical (unpaired) electrons. The number of carbonyl (C=O) groups excluding carboxylic acids is 1. The molecule has 3 heterocycles. The molecule has 0 unspecified atom stereocenters. The Balaban J connectivity index is 1.97. The van der Waals surface area contributed by atoms with Crippen LogP contribution in [0.1, 0.15) is 48.0 Å². The van der Waals surface area contributed by atoms with Crippen LogP contribution in [0.5, 0.6) is 0 Å². The molecule has 1 aromatic carbocycles. The van der Waals surface area contributed by atoms with E-state index < -0.39 is 12.0 Å². The summed E-state index contributed by atoms with van der Waals surface area (Å²) in [6.45, 7) is 9.79. The predicted molar refractivity (Wildman–Crippen MR) is 122 cm³/mol. The van der Waals surface area contributed by atoms with Crippen molar-refractivity contribution in [1.29, 1.82) is 0 Å². The summed E-state index contributed by atoms with van der Waals surface area (Å²) < 4.78 is 7.52. The number of esters is 1. The Kier molecular flexibility index (Phi) is 5.54. The lowest BCUT2D eigenvalue weighted by Gasteiger charge is -2.24. The number of aryl methyl sites for hydroxylation is 3. The molecule has 1 atom stereocenters. The number of rotatable bonds is 4. The Morgan fingerprint density at radius 2 is 1.94 bits per heavy atom. The molecule has 6 nitrogen and oxygen atoms in total. The van der Waals surface area contributed by atoms with Gasteiger partial charge in [0.05, 0.1) is 28.5 Å². The third-order valence-corrected chi connectivity index (χ3v) is 6.37. The van der Waals surface area contributed by atoms with Gasteiger partial charge in [-0.2, -0.15) is 0 Å². The molecule has 3 aromatic rings. The molecule has 7 heteroatoms. The van der Waals surface area contributed by atoms with E-state index in [2.05, 4.69) is 9.98 Å². The van der Waals surface area contributed by atoms with Gasteiger partial charge in [0.2, 0.25) is 0 Å². The van der Waals surface area contributed by atoms with Crippen molar-refractivity contribution in [2.24, 2.45) is 4.99 Å². The molecular formula is C24H25N3O3S. The lowest BCUT2D eigenvalue weighted by atomic mass is 9.95. The maximum Gasteiger partial charge on any atom is 0.338 e. The first-order valence-electron chi connectivity index (χ1n) is 10.2. The van der Waals surface area contributed by atoms with Gasteiger partial charge in [-0.3, -0.25) is 9.36 Å². The number of thiazole rings is 1. The highest BCUT2D eigenvalue weighted by molar-refractivity contribution is 7.07. The Hall–Kier alpha value is -3.19. The first kappa shape index (κ1) is 21.1. The molecule has 1 aliphatic heterocycles. The molecule has 0 aliphatic carbocycles. The van der Waals surface area contributed by atoms with E-state index in [0.29, 0.717) is 20.6 Å². The van der Waals surface area contributed by atoms with Crippen LogP contribution in [-0.2, 0) is 9.53 Å². The number of nitrogens with one attached hydrogen (secondary N) is 1. The zero-order valence-electron chi connectivity index (χ0n) is 18.3. The minimum Gasteiger partial charge on any atom is -0.463 e. The fraction of sp³-hybridized carbons (Fsp3) is 0.292. The minimum absolute atomic E-state index is 0.165. The average molecular weight is 436 g/mol. The second-order valence-corrected chi connectivity index (χ2v) is 8.75. The predicted octanol–water partition coefficient (Wildman–Crippen LogP) is 3.05. The van der Waals surface area contributed by atoms with Crippen molar-refractivity contribution in [3.63, 3.8) is 0 Å². The number of carbonyl (C=O) groups is 1.